The summed E-state index contributed by atoms with van der Waals surface area (Å²) in [6.07, 6.45) is 0. The minimum Gasteiger partial charge on any atom is -0.316 e. The van der Waals surface area contributed by atoms with E-state index in [0.717, 1.165) is 19.6 Å². The van der Waals surface area contributed by atoms with Crippen molar-refractivity contribution < 1.29 is 0 Å². The van der Waals surface area contributed by atoms with Crippen LogP contribution in [0.25, 0.3) is 0 Å². The van der Waals surface area contributed by atoms with Crippen molar-refractivity contribution in [3.05, 3.63) is 35.9 Å². The second-order valence-corrected chi connectivity index (χ2v) is 4.07. The molecule has 3 heteroatoms. The molecule has 0 bridgehead atoms. The first kappa shape index (κ1) is 17.1. The molecular weight excluding hydrogens is 222 g/mol. The Hall–Kier alpha value is -0.900. The van der Waals surface area contributed by atoms with E-state index >= 15 is 0 Å². The first-order valence-corrected chi connectivity index (χ1v) is 6.90. The lowest BCUT2D eigenvalue weighted by molar-refractivity contribution is 0.291. The standard InChI is InChI=1S/C8H11N.C5H12N2.C2H6/c1-9-7-8-5-3-2-4-6-8;1-7-4-2-6-3-5-7;1-2/h2-6,9H,7H2,1H3;6H,2-5H2,1H3;1-2H3. The van der Waals surface area contributed by atoms with E-state index in [1.807, 2.05) is 39.1 Å². The van der Waals surface area contributed by atoms with Crippen molar-refractivity contribution in [1.29, 1.82) is 0 Å². The lowest BCUT2D eigenvalue weighted by Crippen LogP contribution is -2.40. The number of benzene rings is 1. The molecule has 0 unspecified atom stereocenters. The molecule has 2 N–H and O–H groups in total. The van der Waals surface area contributed by atoms with Gasteiger partial charge in [-0.2, -0.15) is 0 Å². The fourth-order valence-corrected chi connectivity index (χ4v) is 1.58. The summed E-state index contributed by atoms with van der Waals surface area (Å²) in [4.78, 5) is 2.33. The van der Waals surface area contributed by atoms with Crippen molar-refractivity contribution in [1.82, 2.24) is 15.5 Å². The van der Waals surface area contributed by atoms with E-state index in [1.165, 1.54) is 18.7 Å². The predicted molar refractivity (Wildman–Crippen MR) is 80.9 cm³/mol. The average molecular weight is 251 g/mol. The summed E-state index contributed by atoms with van der Waals surface area (Å²) in [5.74, 6) is 0. The Kier molecular flexibility index (Phi) is 11.9. The van der Waals surface area contributed by atoms with Crippen LogP contribution in [0.1, 0.15) is 19.4 Å². The molecular formula is C15H29N3. The van der Waals surface area contributed by atoms with Crippen LogP contribution in [0.15, 0.2) is 30.3 Å². The molecule has 1 aliphatic rings. The molecule has 1 saturated heterocycles. The van der Waals surface area contributed by atoms with Crippen molar-refractivity contribution in [3.63, 3.8) is 0 Å². The van der Waals surface area contributed by atoms with Crippen molar-refractivity contribution in [3.8, 4) is 0 Å². The summed E-state index contributed by atoms with van der Waals surface area (Å²) >= 11 is 0. The highest BCUT2D eigenvalue weighted by Crippen LogP contribution is 1.95. The zero-order chi connectivity index (χ0) is 13.6. The smallest absolute Gasteiger partial charge is 0.0202 e. The molecule has 104 valence electrons. The van der Waals surface area contributed by atoms with Crippen molar-refractivity contribution in [2.75, 3.05) is 40.3 Å². The van der Waals surface area contributed by atoms with Gasteiger partial charge in [0.05, 0.1) is 0 Å². The van der Waals surface area contributed by atoms with Crippen LogP contribution >= 0.6 is 0 Å². The minimum absolute atomic E-state index is 0.959. The van der Waals surface area contributed by atoms with Gasteiger partial charge in [-0.1, -0.05) is 44.2 Å². The van der Waals surface area contributed by atoms with Crippen LogP contribution < -0.4 is 10.6 Å². The number of hydrogen-bond acceptors (Lipinski definition) is 3. The van der Waals surface area contributed by atoms with Gasteiger partial charge in [0, 0.05) is 32.7 Å². The fourth-order valence-electron chi connectivity index (χ4n) is 1.58. The quantitative estimate of drug-likeness (QED) is 0.841. The zero-order valence-electron chi connectivity index (χ0n) is 12.4. The molecule has 0 spiro atoms. The Labute approximate surface area is 113 Å². The van der Waals surface area contributed by atoms with Gasteiger partial charge in [-0.15, -0.1) is 0 Å². The highest BCUT2D eigenvalue weighted by atomic mass is 15.2. The molecule has 0 amide bonds. The molecule has 1 fully saturated rings. The summed E-state index contributed by atoms with van der Waals surface area (Å²) in [7, 11) is 4.11. The molecule has 0 aliphatic carbocycles. The Morgan fingerprint density at radius 3 is 2.06 bits per heavy atom. The van der Waals surface area contributed by atoms with Crippen LogP contribution in [-0.4, -0.2) is 45.2 Å². The summed E-state index contributed by atoms with van der Waals surface area (Å²) < 4.78 is 0. The maximum absolute atomic E-state index is 3.27. The van der Waals surface area contributed by atoms with E-state index in [1.54, 1.807) is 0 Å². The fraction of sp³-hybridized carbons (Fsp3) is 0.600. The first-order valence-electron chi connectivity index (χ1n) is 6.90. The summed E-state index contributed by atoms with van der Waals surface area (Å²) in [5, 5.41) is 6.36. The molecule has 0 radical (unpaired) electrons. The van der Waals surface area contributed by atoms with Crippen molar-refractivity contribution in [2.45, 2.75) is 20.4 Å². The van der Waals surface area contributed by atoms with Gasteiger partial charge in [0.2, 0.25) is 0 Å². The number of rotatable bonds is 2. The lowest BCUT2D eigenvalue weighted by Gasteiger charge is -2.21. The Bertz CT molecular complexity index is 256. The lowest BCUT2D eigenvalue weighted by atomic mass is 10.2. The molecule has 1 aromatic rings. The van der Waals surface area contributed by atoms with Crippen molar-refractivity contribution in [2.24, 2.45) is 0 Å². The van der Waals surface area contributed by atoms with Crippen LogP contribution in [0.2, 0.25) is 0 Å². The normalized spacial score (nSPS) is 14.9. The van der Waals surface area contributed by atoms with E-state index in [2.05, 4.69) is 34.7 Å². The second-order valence-electron chi connectivity index (χ2n) is 4.07. The van der Waals surface area contributed by atoms with Crippen LogP contribution in [0.4, 0.5) is 0 Å². The van der Waals surface area contributed by atoms with Crippen molar-refractivity contribution >= 4 is 0 Å². The van der Waals surface area contributed by atoms with Gasteiger partial charge in [0.25, 0.3) is 0 Å². The summed E-state index contributed by atoms with van der Waals surface area (Å²) in [6, 6.07) is 10.3. The number of piperazine rings is 1. The topological polar surface area (TPSA) is 27.3 Å². The summed E-state index contributed by atoms with van der Waals surface area (Å²) in [5.41, 5.74) is 1.33. The van der Waals surface area contributed by atoms with Crippen LogP contribution in [0.3, 0.4) is 0 Å². The molecule has 1 aromatic carbocycles. The molecule has 3 nitrogen and oxygen atoms in total. The van der Waals surface area contributed by atoms with Gasteiger partial charge in [0.15, 0.2) is 0 Å². The van der Waals surface area contributed by atoms with Crippen LogP contribution in [0, 0.1) is 0 Å². The monoisotopic (exact) mass is 251 g/mol. The minimum atomic E-state index is 0.959. The van der Waals surface area contributed by atoms with Gasteiger partial charge in [-0.05, 0) is 19.7 Å². The zero-order valence-corrected chi connectivity index (χ0v) is 12.4. The third-order valence-electron chi connectivity index (χ3n) is 2.56. The second kappa shape index (κ2) is 12.6. The van der Waals surface area contributed by atoms with E-state index in [9.17, 15) is 0 Å². The molecule has 0 aromatic heterocycles. The van der Waals surface area contributed by atoms with Gasteiger partial charge >= 0.3 is 0 Å². The molecule has 2 rings (SSSR count). The molecule has 1 heterocycles. The van der Waals surface area contributed by atoms with E-state index in [-0.39, 0.29) is 0 Å². The molecule has 0 atom stereocenters. The van der Waals surface area contributed by atoms with Gasteiger partial charge in [-0.25, -0.2) is 0 Å². The van der Waals surface area contributed by atoms with E-state index in [4.69, 9.17) is 0 Å². The maximum atomic E-state index is 3.27. The average Bonchev–Trinajstić information content (AvgIpc) is 2.44. The summed E-state index contributed by atoms with van der Waals surface area (Å²) in [6.45, 7) is 9.70. The van der Waals surface area contributed by atoms with Gasteiger partial charge in [0.1, 0.15) is 0 Å². The van der Waals surface area contributed by atoms with Gasteiger partial charge < -0.3 is 15.5 Å². The predicted octanol–water partition coefficient (Wildman–Crippen LogP) is 1.95. The Morgan fingerprint density at radius 1 is 1.11 bits per heavy atom. The first-order chi connectivity index (χ1) is 8.83. The van der Waals surface area contributed by atoms with Crippen LogP contribution in [-0.2, 0) is 6.54 Å². The molecule has 0 saturated carbocycles. The third-order valence-corrected chi connectivity index (χ3v) is 2.56. The Morgan fingerprint density at radius 2 is 1.67 bits per heavy atom. The highest BCUT2D eigenvalue weighted by molar-refractivity contribution is 5.13. The number of nitrogens with one attached hydrogen (secondary N) is 2. The maximum Gasteiger partial charge on any atom is 0.0202 e. The third kappa shape index (κ3) is 9.16. The van der Waals surface area contributed by atoms with Gasteiger partial charge in [-0.3, -0.25) is 0 Å². The number of nitrogens with zero attached hydrogens (tertiary/aromatic N) is 1. The highest BCUT2D eigenvalue weighted by Gasteiger charge is 2.01. The molecule has 18 heavy (non-hydrogen) atoms. The number of likely N-dealkylation sites (N-methyl/N-ethyl adjacent to an activating group) is 1. The van der Waals surface area contributed by atoms with Crippen LogP contribution in [0.5, 0.6) is 0 Å². The van der Waals surface area contributed by atoms with E-state index < -0.39 is 0 Å². The molecule has 1 aliphatic heterocycles. The Balaban J connectivity index is 0.000000289. The number of hydrogen-bond donors (Lipinski definition) is 2. The largest absolute Gasteiger partial charge is 0.316 e. The SMILES string of the molecule is CC.CN1CCNCC1.CNCc1ccccc1. The van der Waals surface area contributed by atoms with E-state index in [0.29, 0.717) is 0 Å².